The largest absolute Gasteiger partial charge is 0.458 e. The van der Waals surface area contributed by atoms with Gasteiger partial charge in [0.05, 0.1) is 17.1 Å². The van der Waals surface area contributed by atoms with Crippen molar-refractivity contribution in [2.75, 3.05) is 4.90 Å². The van der Waals surface area contributed by atoms with Gasteiger partial charge in [-0.2, -0.15) is 0 Å². The Morgan fingerprint density at radius 1 is 0.556 bits per heavy atom. The maximum absolute atomic E-state index is 6.85. The molecule has 3 aliphatic rings. The van der Waals surface area contributed by atoms with Crippen molar-refractivity contribution < 1.29 is 9.47 Å². The lowest BCUT2D eigenvalue weighted by Gasteiger charge is -2.42. The number of fused-ring (bicyclic) bond motifs is 6. The number of benzene rings is 5. The molecule has 0 spiro atoms. The minimum absolute atomic E-state index is 0.0148. The van der Waals surface area contributed by atoms with Gasteiger partial charge in [0.2, 0.25) is 0 Å². The second-order valence-electron chi connectivity index (χ2n) is 15.5. The van der Waals surface area contributed by atoms with Gasteiger partial charge >= 0.3 is 0 Å². The summed E-state index contributed by atoms with van der Waals surface area (Å²) < 4.78 is 13.7. The van der Waals surface area contributed by atoms with Crippen LogP contribution in [0, 0.1) is 0 Å². The first-order valence-corrected chi connectivity index (χ1v) is 16.1. The molecule has 0 bridgehead atoms. The zero-order chi connectivity index (χ0) is 31.5. The third-order valence-corrected chi connectivity index (χ3v) is 10.1. The van der Waals surface area contributed by atoms with Crippen molar-refractivity contribution in [2.24, 2.45) is 0 Å². The molecule has 0 amide bonds. The first-order chi connectivity index (χ1) is 21.3. The van der Waals surface area contributed by atoms with E-state index in [0.29, 0.717) is 0 Å². The Morgan fingerprint density at radius 3 is 1.44 bits per heavy atom. The van der Waals surface area contributed by atoms with Crippen molar-refractivity contribution in [3.05, 3.63) is 119 Å². The SMILES string of the molecule is CC(C)(C)c1ccc2c(c1)B1c3cc(C(C)(C)C)ccc3Oc3cc(N4c5ccccc5C(C)(C)c5ccccc54)cc(c31)O2. The third-order valence-electron chi connectivity index (χ3n) is 10.1. The number of nitrogens with zero attached hydrogens (tertiary/aromatic N) is 1. The maximum Gasteiger partial charge on any atom is 0.260 e. The first kappa shape index (κ1) is 28.1. The highest BCUT2D eigenvalue weighted by Crippen LogP contribution is 2.53. The van der Waals surface area contributed by atoms with Crippen LogP contribution in [0.1, 0.15) is 77.6 Å². The van der Waals surface area contributed by atoms with Gasteiger partial charge in [0.15, 0.2) is 0 Å². The van der Waals surface area contributed by atoms with Gasteiger partial charge in [-0.1, -0.05) is 116 Å². The summed E-state index contributed by atoms with van der Waals surface area (Å²) in [4.78, 5) is 2.38. The van der Waals surface area contributed by atoms with E-state index in [1.807, 2.05) is 0 Å². The molecule has 3 heterocycles. The van der Waals surface area contributed by atoms with Crippen LogP contribution >= 0.6 is 0 Å². The van der Waals surface area contributed by atoms with Crippen molar-refractivity contribution >= 4 is 40.2 Å². The van der Waals surface area contributed by atoms with Gasteiger partial charge in [-0.15, -0.1) is 0 Å². The molecule has 5 aromatic rings. The quantitative estimate of drug-likeness (QED) is 0.178. The van der Waals surface area contributed by atoms with Crippen LogP contribution in [0.2, 0.25) is 0 Å². The molecule has 0 saturated heterocycles. The summed E-state index contributed by atoms with van der Waals surface area (Å²) in [5.41, 5.74) is 12.0. The maximum atomic E-state index is 6.85. The molecule has 0 N–H and O–H groups in total. The topological polar surface area (TPSA) is 21.7 Å². The van der Waals surface area contributed by atoms with Gasteiger partial charge in [0.25, 0.3) is 6.71 Å². The molecule has 3 aliphatic heterocycles. The van der Waals surface area contributed by atoms with E-state index < -0.39 is 0 Å². The fourth-order valence-electron chi connectivity index (χ4n) is 7.50. The Hall–Kier alpha value is -4.44. The number of hydrogen-bond donors (Lipinski definition) is 0. The van der Waals surface area contributed by atoms with Gasteiger partial charge in [-0.05, 0) is 68.3 Å². The first-order valence-electron chi connectivity index (χ1n) is 16.1. The number of rotatable bonds is 1. The van der Waals surface area contributed by atoms with Crippen LogP contribution in [0.4, 0.5) is 17.1 Å². The average molecular weight is 590 g/mol. The minimum Gasteiger partial charge on any atom is -0.458 e. The van der Waals surface area contributed by atoms with Crippen molar-refractivity contribution in [3.63, 3.8) is 0 Å². The molecule has 8 rings (SSSR count). The fraction of sp³-hybridized carbons (Fsp3) is 0.268. The lowest BCUT2D eigenvalue weighted by molar-refractivity contribution is 0.464. The molecule has 0 unspecified atom stereocenters. The smallest absolute Gasteiger partial charge is 0.260 e. The highest BCUT2D eigenvalue weighted by atomic mass is 16.5. The summed E-state index contributed by atoms with van der Waals surface area (Å²) in [6.07, 6.45) is 0. The number of ether oxygens (including phenoxy) is 2. The Balaban J connectivity index is 1.37. The zero-order valence-corrected chi connectivity index (χ0v) is 27.6. The van der Waals surface area contributed by atoms with Crippen LogP contribution in [0.3, 0.4) is 0 Å². The van der Waals surface area contributed by atoms with E-state index in [-0.39, 0.29) is 23.0 Å². The monoisotopic (exact) mass is 589 g/mol. The molecule has 4 heteroatoms. The molecule has 3 nitrogen and oxygen atoms in total. The van der Waals surface area contributed by atoms with Crippen LogP contribution < -0.4 is 30.8 Å². The molecule has 0 fully saturated rings. The Bertz CT molecular complexity index is 1890. The van der Waals surface area contributed by atoms with Gasteiger partial charge in [-0.3, -0.25) is 0 Å². The van der Waals surface area contributed by atoms with E-state index in [4.69, 9.17) is 9.47 Å². The summed E-state index contributed by atoms with van der Waals surface area (Å²) in [5.74, 6) is 3.54. The minimum atomic E-state index is -0.127. The normalized spacial score (nSPS) is 15.6. The fourth-order valence-corrected chi connectivity index (χ4v) is 7.50. The summed E-state index contributed by atoms with van der Waals surface area (Å²) in [6.45, 7) is 18.3. The van der Waals surface area contributed by atoms with Crippen molar-refractivity contribution in [3.8, 4) is 23.0 Å². The molecule has 224 valence electrons. The number of anilines is 3. The zero-order valence-electron chi connectivity index (χ0n) is 27.6. The van der Waals surface area contributed by atoms with Crippen LogP contribution in [-0.4, -0.2) is 6.71 Å². The predicted octanol–water partition coefficient (Wildman–Crippen LogP) is 9.12. The summed E-state index contributed by atoms with van der Waals surface area (Å²) in [5, 5.41) is 0. The molecule has 0 radical (unpaired) electrons. The van der Waals surface area contributed by atoms with Gasteiger partial charge < -0.3 is 14.4 Å². The van der Waals surface area contributed by atoms with Crippen LogP contribution in [-0.2, 0) is 16.2 Å². The Kier molecular flexibility index (Phi) is 5.80. The highest BCUT2D eigenvalue weighted by molar-refractivity contribution is 6.98. The van der Waals surface area contributed by atoms with E-state index in [9.17, 15) is 0 Å². The van der Waals surface area contributed by atoms with Crippen LogP contribution in [0.5, 0.6) is 23.0 Å². The molecular formula is C41H40BNO2. The van der Waals surface area contributed by atoms with E-state index >= 15 is 0 Å². The average Bonchev–Trinajstić information content (AvgIpc) is 2.99. The molecule has 45 heavy (non-hydrogen) atoms. The van der Waals surface area contributed by atoms with Gasteiger partial charge in [0, 0.05) is 23.0 Å². The highest BCUT2D eigenvalue weighted by Gasteiger charge is 2.43. The summed E-state index contributed by atoms with van der Waals surface area (Å²) in [7, 11) is 0. The summed E-state index contributed by atoms with van der Waals surface area (Å²) in [6, 6.07) is 35.5. The predicted molar refractivity (Wildman–Crippen MR) is 188 cm³/mol. The van der Waals surface area contributed by atoms with Crippen molar-refractivity contribution in [1.82, 2.24) is 0 Å². The van der Waals surface area contributed by atoms with E-state index in [1.165, 1.54) is 44.6 Å². The molecular weight excluding hydrogens is 549 g/mol. The molecule has 0 aliphatic carbocycles. The lowest BCUT2D eigenvalue weighted by Crippen LogP contribution is -2.57. The van der Waals surface area contributed by atoms with Crippen molar-refractivity contribution in [2.45, 2.75) is 71.6 Å². The number of hydrogen-bond acceptors (Lipinski definition) is 3. The Labute approximate surface area is 267 Å². The molecule has 0 atom stereocenters. The van der Waals surface area contributed by atoms with Crippen molar-refractivity contribution in [1.29, 1.82) is 0 Å². The second kappa shape index (κ2) is 9.30. The van der Waals surface area contributed by atoms with Crippen LogP contribution in [0.25, 0.3) is 0 Å². The van der Waals surface area contributed by atoms with E-state index in [0.717, 1.165) is 34.1 Å². The van der Waals surface area contributed by atoms with Gasteiger partial charge in [-0.25, -0.2) is 0 Å². The van der Waals surface area contributed by atoms with Gasteiger partial charge in [0.1, 0.15) is 23.0 Å². The third kappa shape index (κ3) is 4.18. The number of para-hydroxylation sites is 2. The van der Waals surface area contributed by atoms with Crippen LogP contribution in [0.15, 0.2) is 97.1 Å². The lowest BCUT2D eigenvalue weighted by atomic mass is 9.34. The van der Waals surface area contributed by atoms with E-state index in [2.05, 4.69) is 157 Å². The second-order valence-corrected chi connectivity index (χ2v) is 15.5. The summed E-state index contributed by atoms with van der Waals surface area (Å²) >= 11 is 0. The van der Waals surface area contributed by atoms with E-state index in [1.54, 1.807) is 0 Å². The standard InChI is InChI=1S/C41H40BNO2/c1-39(2,3)25-17-19-34-30(21-25)42-31-22-26(40(4,5)6)18-20-35(31)45-37-24-27(23-36(44-34)38(37)42)43-32-15-11-9-13-28(32)41(7,8)29-14-10-12-16-33(29)43/h9-24H,1-8H3. The molecule has 5 aromatic carbocycles. The molecule has 0 saturated carbocycles. The molecule has 0 aromatic heterocycles. The Morgan fingerprint density at radius 2 is 1.00 bits per heavy atom.